The van der Waals surface area contributed by atoms with Gasteiger partial charge in [0.05, 0.1) is 17.2 Å². The fraction of sp³-hybridized carbons (Fsp3) is 0.286. The number of rotatable bonds is 5. The maximum atomic E-state index is 12.5. The van der Waals surface area contributed by atoms with Crippen LogP contribution in [-0.4, -0.2) is 36.5 Å². The standard InChI is InChI=1S/C14H13F3N2O4S/c1-2-23-13(20)9-24(21,22)11-5-3-10(4-6-11)19-8-7-12(18-19)14(15,16)17/h3-8H,2,9H2,1H3. The minimum atomic E-state index is -4.56. The molecule has 0 saturated carbocycles. The SMILES string of the molecule is CCOC(=O)CS(=O)(=O)c1ccc(-n2ccc(C(F)(F)F)n2)cc1. The summed E-state index contributed by atoms with van der Waals surface area (Å²) in [5, 5.41) is 3.38. The van der Waals surface area contributed by atoms with Crippen LogP contribution in [0.4, 0.5) is 13.2 Å². The van der Waals surface area contributed by atoms with E-state index in [1.165, 1.54) is 24.3 Å². The number of carbonyl (C=O) groups is 1. The smallest absolute Gasteiger partial charge is 0.435 e. The summed E-state index contributed by atoms with van der Waals surface area (Å²) in [5.41, 5.74) is -0.804. The van der Waals surface area contributed by atoms with Crippen LogP contribution in [-0.2, 0) is 25.5 Å². The minimum Gasteiger partial charge on any atom is -0.465 e. The number of hydrogen-bond acceptors (Lipinski definition) is 5. The van der Waals surface area contributed by atoms with Gasteiger partial charge in [-0.25, -0.2) is 13.1 Å². The molecule has 0 spiro atoms. The lowest BCUT2D eigenvalue weighted by Crippen LogP contribution is -2.18. The highest BCUT2D eigenvalue weighted by atomic mass is 32.2. The largest absolute Gasteiger partial charge is 0.465 e. The van der Waals surface area contributed by atoms with Gasteiger partial charge in [0.25, 0.3) is 0 Å². The van der Waals surface area contributed by atoms with Gasteiger partial charge >= 0.3 is 12.1 Å². The highest BCUT2D eigenvalue weighted by molar-refractivity contribution is 7.92. The first-order chi connectivity index (χ1) is 11.1. The Hall–Kier alpha value is -2.36. The molecular weight excluding hydrogens is 349 g/mol. The molecule has 0 fully saturated rings. The molecule has 2 aromatic rings. The molecule has 0 N–H and O–H groups in total. The normalized spacial score (nSPS) is 12.2. The minimum absolute atomic E-state index is 0.0636. The van der Waals surface area contributed by atoms with Crippen molar-refractivity contribution in [2.24, 2.45) is 0 Å². The second kappa shape index (κ2) is 6.63. The predicted molar refractivity (Wildman–Crippen MR) is 77.3 cm³/mol. The molecule has 0 aliphatic carbocycles. The van der Waals surface area contributed by atoms with Gasteiger partial charge in [0.2, 0.25) is 0 Å². The van der Waals surface area contributed by atoms with Crippen LogP contribution in [0.5, 0.6) is 0 Å². The van der Waals surface area contributed by atoms with Gasteiger partial charge in [-0.05, 0) is 37.3 Å². The lowest BCUT2D eigenvalue weighted by Gasteiger charge is -2.06. The highest BCUT2D eigenvalue weighted by Crippen LogP contribution is 2.28. The maximum absolute atomic E-state index is 12.5. The van der Waals surface area contributed by atoms with E-state index < -0.39 is 33.4 Å². The third-order valence-corrected chi connectivity index (χ3v) is 4.56. The van der Waals surface area contributed by atoms with E-state index in [0.717, 1.165) is 16.9 Å². The van der Waals surface area contributed by atoms with Crippen molar-refractivity contribution in [1.82, 2.24) is 9.78 Å². The van der Waals surface area contributed by atoms with Crippen molar-refractivity contribution in [3.05, 3.63) is 42.2 Å². The summed E-state index contributed by atoms with van der Waals surface area (Å²) in [4.78, 5) is 11.2. The van der Waals surface area contributed by atoms with Crippen molar-refractivity contribution in [2.75, 3.05) is 12.4 Å². The number of carbonyl (C=O) groups excluding carboxylic acids is 1. The number of alkyl halides is 3. The van der Waals surface area contributed by atoms with Gasteiger partial charge < -0.3 is 4.74 Å². The van der Waals surface area contributed by atoms with Crippen molar-refractivity contribution in [3.63, 3.8) is 0 Å². The summed E-state index contributed by atoms with van der Waals surface area (Å²) in [6.07, 6.45) is -3.45. The van der Waals surface area contributed by atoms with Crippen molar-refractivity contribution < 1.29 is 31.1 Å². The summed E-state index contributed by atoms with van der Waals surface area (Å²) in [7, 11) is -3.88. The number of aromatic nitrogens is 2. The summed E-state index contributed by atoms with van der Waals surface area (Å²) >= 11 is 0. The van der Waals surface area contributed by atoms with Gasteiger partial charge in [-0.15, -0.1) is 0 Å². The van der Waals surface area contributed by atoms with E-state index in [1.807, 2.05) is 0 Å². The van der Waals surface area contributed by atoms with Crippen LogP contribution in [0.1, 0.15) is 12.6 Å². The van der Waals surface area contributed by atoms with E-state index in [-0.39, 0.29) is 17.2 Å². The Morgan fingerprint density at radius 1 is 1.21 bits per heavy atom. The van der Waals surface area contributed by atoms with Crippen LogP contribution in [0, 0.1) is 0 Å². The highest BCUT2D eigenvalue weighted by Gasteiger charge is 2.33. The summed E-state index contributed by atoms with van der Waals surface area (Å²) in [5.74, 6) is -1.68. The topological polar surface area (TPSA) is 78.3 Å². The molecule has 0 aliphatic heterocycles. The van der Waals surface area contributed by atoms with E-state index in [0.29, 0.717) is 0 Å². The number of halogens is 3. The first kappa shape index (κ1) is 18.0. The van der Waals surface area contributed by atoms with Crippen molar-refractivity contribution in [3.8, 4) is 5.69 Å². The molecule has 24 heavy (non-hydrogen) atoms. The molecule has 0 aliphatic rings. The molecule has 1 aromatic heterocycles. The summed E-state index contributed by atoms with van der Waals surface area (Å²) < 4.78 is 67.2. The summed E-state index contributed by atoms with van der Waals surface area (Å²) in [6.45, 7) is 1.62. The molecule has 10 heteroatoms. The molecule has 130 valence electrons. The molecule has 2 rings (SSSR count). The molecule has 1 aromatic carbocycles. The number of sulfone groups is 1. The number of esters is 1. The predicted octanol–water partition coefficient (Wildman–Crippen LogP) is 2.23. The number of hydrogen-bond donors (Lipinski definition) is 0. The number of benzene rings is 1. The fourth-order valence-corrected chi connectivity index (χ4v) is 2.98. The zero-order valence-electron chi connectivity index (χ0n) is 12.4. The third-order valence-electron chi connectivity index (χ3n) is 2.95. The molecule has 0 atom stereocenters. The van der Waals surface area contributed by atoms with Crippen molar-refractivity contribution in [2.45, 2.75) is 18.0 Å². The molecule has 0 saturated heterocycles. The fourth-order valence-electron chi connectivity index (χ4n) is 1.87. The molecule has 0 radical (unpaired) electrons. The van der Waals surface area contributed by atoms with Crippen LogP contribution in [0.2, 0.25) is 0 Å². The summed E-state index contributed by atoms with van der Waals surface area (Å²) in [6, 6.07) is 5.79. The van der Waals surface area contributed by atoms with Crippen LogP contribution in [0.25, 0.3) is 5.69 Å². The Kier molecular flexibility index (Phi) is 4.97. The van der Waals surface area contributed by atoms with E-state index in [4.69, 9.17) is 0 Å². The van der Waals surface area contributed by atoms with Gasteiger partial charge in [0.15, 0.2) is 21.3 Å². The monoisotopic (exact) mass is 362 g/mol. The first-order valence-corrected chi connectivity index (χ1v) is 8.40. The maximum Gasteiger partial charge on any atom is 0.435 e. The van der Waals surface area contributed by atoms with Gasteiger partial charge in [-0.1, -0.05) is 0 Å². The van der Waals surface area contributed by atoms with E-state index >= 15 is 0 Å². The molecule has 0 bridgehead atoms. The lowest BCUT2D eigenvalue weighted by molar-refractivity contribution is -0.141. The van der Waals surface area contributed by atoms with E-state index in [2.05, 4.69) is 9.84 Å². The average Bonchev–Trinajstić information content (AvgIpc) is 2.97. The van der Waals surface area contributed by atoms with Crippen LogP contribution < -0.4 is 0 Å². The Balaban J connectivity index is 2.21. The molecular formula is C14H13F3N2O4S. The third kappa shape index (κ3) is 4.13. The Morgan fingerprint density at radius 2 is 1.83 bits per heavy atom. The second-order valence-corrected chi connectivity index (χ2v) is 6.69. The Bertz CT molecular complexity index is 826. The second-order valence-electron chi connectivity index (χ2n) is 4.70. The molecule has 6 nitrogen and oxygen atoms in total. The van der Waals surface area contributed by atoms with E-state index in [9.17, 15) is 26.4 Å². The number of ether oxygens (including phenoxy) is 1. The molecule has 1 heterocycles. The van der Waals surface area contributed by atoms with Gasteiger partial charge in [0.1, 0.15) is 0 Å². The van der Waals surface area contributed by atoms with Crippen molar-refractivity contribution >= 4 is 15.8 Å². The first-order valence-electron chi connectivity index (χ1n) is 6.75. The van der Waals surface area contributed by atoms with E-state index in [1.54, 1.807) is 6.92 Å². The van der Waals surface area contributed by atoms with Crippen LogP contribution in [0.15, 0.2) is 41.4 Å². The van der Waals surface area contributed by atoms with Gasteiger partial charge in [0, 0.05) is 6.20 Å². The zero-order valence-corrected chi connectivity index (χ0v) is 13.3. The lowest BCUT2D eigenvalue weighted by atomic mass is 10.3. The van der Waals surface area contributed by atoms with Crippen LogP contribution in [0.3, 0.4) is 0 Å². The Labute approximate surface area is 135 Å². The number of nitrogens with zero attached hydrogens (tertiary/aromatic N) is 2. The molecule has 0 unspecified atom stereocenters. The van der Waals surface area contributed by atoms with Crippen molar-refractivity contribution in [1.29, 1.82) is 0 Å². The molecule has 0 amide bonds. The quantitative estimate of drug-likeness (QED) is 0.762. The zero-order chi connectivity index (χ0) is 18.0. The Morgan fingerprint density at radius 3 is 2.33 bits per heavy atom. The van der Waals surface area contributed by atoms with Gasteiger partial charge in [-0.2, -0.15) is 18.3 Å². The van der Waals surface area contributed by atoms with Gasteiger partial charge in [-0.3, -0.25) is 4.79 Å². The van der Waals surface area contributed by atoms with Crippen LogP contribution >= 0.6 is 0 Å². The average molecular weight is 362 g/mol.